The molecule has 4 aromatic rings. The largest absolute Gasteiger partial charge is 0.497 e. The summed E-state index contributed by atoms with van der Waals surface area (Å²) in [7, 11) is -0.622. The maximum Gasteiger partial charge on any atom is 0.267 e. The first kappa shape index (κ1) is 25.7. The molecule has 2 aromatic heterocycles. The Kier molecular flexibility index (Phi) is 7.04. The van der Waals surface area contributed by atoms with Gasteiger partial charge in [-0.15, -0.1) is 0 Å². The maximum atomic E-state index is 13.0. The van der Waals surface area contributed by atoms with Gasteiger partial charge in [-0.1, -0.05) is 30.3 Å². The Balaban J connectivity index is 1.36. The van der Waals surface area contributed by atoms with Crippen LogP contribution in [-0.2, 0) is 23.6 Å². The van der Waals surface area contributed by atoms with Crippen molar-refractivity contribution in [1.82, 2.24) is 24.6 Å². The molecule has 0 aliphatic carbocycles. The van der Waals surface area contributed by atoms with Gasteiger partial charge in [0.1, 0.15) is 16.7 Å². The second-order valence-electron chi connectivity index (χ2n) is 9.42. The van der Waals surface area contributed by atoms with E-state index in [1.807, 2.05) is 44.2 Å². The van der Waals surface area contributed by atoms with Crippen molar-refractivity contribution in [3.05, 3.63) is 77.6 Å². The van der Waals surface area contributed by atoms with Crippen molar-refractivity contribution >= 4 is 16.0 Å². The van der Waals surface area contributed by atoms with Gasteiger partial charge in [-0.25, -0.2) is 18.1 Å². The van der Waals surface area contributed by atoms with Crippen molar-refractivity contribution in [2.45, 2.75) is 31.4 Å². The fourth-order valence-electron chi connectivity index (χ4n) is 4.48. The van der Waals surface area contributed by atoms with Crippen molar-refractivity contribution in [1.29, 1.82) is 0 Å². The second-order valence-corrected chi connectivity index (χ2v) is 11.1. The lowest BCUT2D eigenvalue weighted by molar-refractivity contribution is 0.0119. The van der Waals surface area contributed by atoms with Crippen LogP contribution in [0.4, 0.5) is 5.95 Å². The first-order valence-corrected chi connectivity index (χ1v) is 13.7. The molecule has 0 atom stereocenters. The highest BCUT2D eigenvalue weighted by Gasteiger charge is 2.29. The number of aryl methyl sites for hydroxylation is 3. The summed E-state index contributed by atoms with van der Waals surface area (Å²) >= 11 is 0. The third-order valence-electron chi connectivity index (χ3n) is 6.43. The number of likely N-dealkylation sites (tertiary alicyclic amines) is 1. The van der Waals surface area contributed by atoms with E-state index in [9.17, 15) is 8.42 Å². The fourth-order valence-corrected chi connectivity index (χ4v) is 5.41. The number of anilines is 1. The molecule has 1 aliphatic rings. The number of sulfonamides is 1. The summed E-state index contributed by atoms with van der Waals surface area (Å²) in [6, 6.07) is 15.7. The van der Waals surface area contributed by atoms with Gasteiger partial charge in [0.2, 0.25) is 11.8 Å². The van der Waals surface area contributed by atoms with Gasteiger partial charge in [0.15, 0.2) is 0 Å². The van der Waals surface area contributed by atoms with Crippen LogP contribution in [0.25, 0.3) is 11.3 Å². The molecule has 0 unspecified atom stereocenters. The van der Waals surface area contributed by atoms with Crippen molar-refractivity contribution in [2.75, 3.05) is 24.9 Å². The fraction of sp³-hybridized carbons (Fsp3) is 0.296. The third-order valence-corrected chi connectivity index (χ3v) is 7.72. The number of nitrogens with one attached hydrogen (secondary N) is 1. The zero-order valence-corrected chi connectivity index (χ0v) is 22.6. The average Bonchev–Trinajstić information content (AvgIpc) is 3.30. The van der Waals surface area contributed by atoms with Crippen LogP contribution in [0, 0.1) is 13.8 Å². The molecule has 0 amide bonds. The molecular weight excluding hydrogens is 504 g/mol. The number of hydrogen-bond donors (Lipinski definition) is 1. The SMILES string of the molecule is COc1ccc(CN2CC(Oc3cc(-c4c(C)cccc4C)nc(NS(=O)(=O)c4cnn(C)c4)n3)C2)cc1. The van der Waals surface area contributed by atoms with E-state index in [-0.39, 0.29) is 16.9 Å². The lowest BCUT2D eigenvalue weighted by Crippen LogP contribution is -2.53. The van der Waals surface area contributed by atoms with Crippen molar-refractivity contribution in [3.63, 3.8) is 0 Å². The molecule has 198 valence electrons. The summed E-state index contributed by atoms with van der Waals surface area (Å²) in [5.41, 5.74) is 4.73. The molecule has 2 aromatic carbocycles. The van der Waals surface area contributed by atoms with E-state index in [0.29, 0.717) is 11.6 Å². The molecule has 1 aliphatic heterocycles. The number of nitrogens with zero attached hydrogens (tertiary/aromatic N) is 5. The average molecular weight is 535 g/mol. The molecule has 5 rings (SSSR count). The molecule has 0 radical (unpaired) electrons. The molecule has 10 nitrogen and oxygen atoms in total. The van der Waals surface area contributed by atoms with Crippen LogP contribution in [-0.4, -0.2) is 59.4 Å². The highest BCUT2D eigenvalue weighted by atomic mass is 32.2. The van der Waals surface area contributed by atoms with E-state index in [0.717, 1.165) is 42.1 Å². The summed E-state index contributed by atoms with van der Waals surface area (Å²) in [6.07, 6.45) is 2.62. The summed E-state index contributed by atoms with van der Waals surface area (Å²) in [5.74, 6) is 1.09. The van der Waals surface area contributed by atoms with Crippen LogP contribution in [0.2, 0.25) is 0 Å². The first-order chi connectivity index (χ1) is 18.2. The van der Waals surface area contributed by atoms with E-state index in [1.54, 1.807) is 20.2 Å². The van der Waals surface area contributed by atoms with Crippen LogP contribution in [0.1, 0.15) is 16.7 Å². The maximum absolute atomic E-state index is 13.0. The van der Waals surface area contributed by atoms with Gasteiger partial charge in [-0.3, -0.25) is 9.58 Å². The van der Waals surface area contributed by atoms with Crippen LogP contribution >= 0.6 is 0 Å². The molecule has 11 heteroatoms. The summed E-state index contributed by atoms with van der Waals surface area (Å²) in [6.45, 7) is 6.25. The Morgan fingerprint density at radius 3 is 2.39 bits per heavy atom. The van der Waals surface area contributed by atoms with Crippen LogP contribution in [0.15, 0.2) is 65.8 Å². The van der Waals surface area contributed by atoms with Gasteiger partial charge in [0, 0.05) is 44.5 Å². The van der Waals surface area contributed by atoms with Gasteiger partial charge >= 0.3 is 0 Å². The molecule has 0 spiro atoms. The van der Waals surface area contributed by atoms with E-state index < -0.39 is 10.0 Å². The predicted octanol–water partition coefficient (Wildman–Crippen LogP) is 3.57. The molecule has 38 heavy (non-hydrogen) atoms. The lowest BCUT2D eigenvalue weighted by atomic mass is 10.00. The minimum atomic E-state index is -3.93. The number of rotatable bonds is 9. The Bertz CT molecular complexity index is 1530. The van der Waals surface area contributed by atoms with Crippen LogP contribution in [0.3, 0.4) is 0 Å². The smallest absolute Gasteiger partial charge is 0.267 e. The lowest BCUT2D eigenvalue weighted by Gasteiger charge is -2.38. The minimum absolute atomic E-state index is 0.0247. The molecule has 0 bridgehead atoms. The molecule has 1 N–H and O–H groups in total. The number of aromatic nitrogens is 4. The van der Waals surface area contributed by atoms with Gasteiger partial charge < -0.3 is 9.47 Å². The molecular formula is C27H30N6O4S. The van der Waals surface area contributed by atoms with Crippen LogP contribution < -0.4 is 14.2 Å². The molecule has 1 saturated heterocycles. The van der Waals surface area contributed by atoms with Crippen molar-refractivity contribution in [2.24, 2.45) is 7.05 Å². The highest BCUT2D eigenvalue weighted by molar-refractivity contribution is 7.92. The first-order valence-electron chi connectivity index (χ1n) is 12.2. The topological polar surface area (TPSA) is 111 Å². The minimum Gasteiger partial charge on any atom is -0.497 e. The Labute approximate surface area is 222 Å². The zero-order valence-electron chi connectivity index (χ0n) is 21.7. The predicted molar refractivity (Wildman–Crippen MR) is 144 cm³/mol. The van der Waals surface area contributed by atoms with E-state index in [4.69, 9.17) is 9.47 Å². The number of ether oxygens (including phenoxy) is 2. The van der Waals surface area contributed by atoms with Crippen molar-refractivity contribution < 1.29 is 17.9 Å². The Hall–Kier alpha value is -3.96. The Morgan fingerprint density at radius 1 is 1.05 bits per heavy atom. The third kappa shape index (κ3) is 5.63. The quantitative estimate of drug-likeness (QED) is 0.347. The molecule has 1 fully saturated rings. The number of benzene rings is 2. The molecule has 0 saturated carbocycles. The second kappa shape index (κ2) is 10.4. The van der Waals surface area contributed by atoms with Crippen LogP contribution in [0.5, 0.6) is 11.6 Å². The molecule has 3 heterocycles. The van der Waals surface area contributed by atoms with E-state index >= 15 is 0 Å². The summed E-state index contributed by atoms with van der Waals surface area (Å²) < 4.78 is 41.2. The summed E-state index contributed by atoms with van der Waals surface area (Å²) in [5, 5.41) is 3.96. The van der Waals surface area contributed by atoms with Gasteiger partial charge in [0.05, 0.1) is 19.0 Å². The zero-order chi connectivity index (χ0) is 26.9. The van der Waals surface area contributed by atoms with Gasteiger partial charge in [-0.05, 0) is 42.7 Å². The standard InChI is InChI=1S/C27H30N6O4S/c1-18-6-5-7-19(2)26(18)24-12-25(30-27(29-24)31-38(34,35)23-13-28-32(3)17-23)37-22-15-33(16-22)14-20-8-10-21(36-4)11-9-20/h5-13,17,22H,14-16H2,1-4H3,(H,29,30,31). The normalized spacial score (nSPS) is 14.2. The Morgan fingerprint density at radius 2 is 1.76 bits per heavy atom. The van der Waals surface area contributed by atoms with Gasteiger partial charge in [-0.2, -0.15) is 10.1 Å². The number of hydrogen-bond acceptors (Lipinski definition) is 8. The van der Waals surface area contributed by atoms with E-state index in [1.165, 1.54) is 22.6 Å². The van der Waals surface area contributed by atoms with Crippen molar-refractivity contribution in [3.8, 4) is 22.9 Å². The number of methoxy groups -OCH3 is 1. The summed E-state index contributed by atoms with van der Waals surface area (Å²) in [4.78, 5) is 11.2. The van der Waals surface area contributed by atoms with Gasteiger partial charge in [0.25, 0.3) is 10.0 Å². The van der Waals surface area contributed by atoms with E-state index in [2.05, 4.69) is 36.8 Å². The monoisotopic (exact) mass is 534 g/mol. The highest BCUT2D eigenvalue weighted by Crippen LogP contribution is 2.30.